The Morgan fingerprint density at radius 3 is 2.44 bits per heavy atom. The van der Waals surface area contributed by atoms with Crippen LogP contribution < -0.4 is 20.3 Å². The largest absolute Gasteiger partial charge is 0.491 e. The number of pyridine rings is 1. The van der Waals surface area contributed by atoms with Gasteiger partial charge in [0.1, 0.15) is 28.7 Å². The molecule has 8 heterocycles. The average Bonchev–Trinajstić information content (AvgIpc) is 3.79. The van der Waals surface area contributed by atoms with E-state index in [9.17, 15) is 24.0 Å². The molecule has 1 unspecified atom stereocenters. The molecular formula is C47H52N10O6. The van der Waals surface area contributed by atoms with E-state index < -0.39 is 23.8 Å². The number of anilines is 2. The fourth-order valence-electron chi connectivity index (χ4n) is 10.8. The lowest BCUT2D eigenvalue weighted by Gasteiger charge is -2.47. The molecule has 1 aromatic carbocycles. The molecule has 5 amide bonds. The molecule has 6 aliphatic rings. The first-order valence-corrected chi connectivity index (χ1v) is 22.8. The van der Waals surface area contributed by atoms with Crippen molar-refractivity contribution < 1.29 is 28.7 Å². The highest BCUT2D eigenvalue weighted by Crippen LogP contribution is 2.47. The number of rotatable bonds is 10. The topological polar surface area (TPSA) is 176 Å². The van der Waals surface area contributed by atoms with Crippen LogP contribution in [-0.4, -0.2) is 109 Å². The first-order chi connectivity index (χ1) is 30.7. The second-order valence-electron chi connectivity index (χ2n) is 18.8. The summed E-state index contributed by atoms with van der Waals surface area (Å²) in [5.74, 6) is 0.0532. The molecule has 5 aromatic rings. The Labute approximate surface area is 364 Å². The first kappa shape index (κ1) is 39.7. The van der Waals surface area contributed by atoms with E-state index in [1.165, 1.54) is 31.9 Å². The van der Waals surface area contributed by atoms with Crippen molar-refractivity contribution in [3.63, 3.8) is 0 Å². The molecule has 11 rings (SSSR count). The summed E-state index contributed by atoms with van der Waals surface area (Å²) in [5.41, 5.74) is 5.33. The Bertz CT molecular complexity index is 2640. The molecule has 0 radical (unpaired) electrons. The van der Waals surface area contributed by atoms with E-state index in [1.807, 2.05) is 28.8 Å². The number of benzene rings is 1. The number of nitrogens with zero attached hydrogens (tertiary/aromatic N) is 8. The lowest BCUT2D eigenvalue weighted by molar-refractivity contribution is -0.136. The molecule has 16 heteroatoms. The van der Waals surface area contributed by atoms with Gasteiger partial charge in [0.25, 0.3) is 17.7 Å². The number of ether oxygens (including phenoxy) is 1. The van der Waals surface area contributed by atoms with Crippen LogP contribution in [0.1, 0.15) is 120 Å². The maximum Gasteiger partial charge on any atom is 0.262 e. The quantitative estimate of drug-likeness (QED) is 0.170. The third-order valence-electron chi connectivity index (χ3n) is 14.8. The van der Waals surface area contributed by atoms with E-state index >= 15 is 0 Å². The SMILES string of the molecule is O=C1CCC(N2C(=O)c3ccc(N4CCC5(CCC(CN6CCC(c7cn8cc(NC(=O)c9cnn%10cccnc9%10)c(OCC9CC9)cc8n7)CC6)CC5)CC4)cc3C2=O)C(=O)N1. The molecule has 2 saturated carbocycles. The Balaban J connectivity index is 0.672. The van der Waals surface area contributed by atoms with Gasteiger partial charge in [-0.3, -0.25) is 34.2 Å². The van der Waals surface area contributed by atoms with Gasteiger partial charge in [-0.1, -0.05) is 0 Å². The van der Waals surface area contributed by atoms with Crippen LogP contribution in [0.5, 0.6) is 5.75 Å². The Kier molecular flexibility index (Phi) is 10.00. The summed E-state index contributed by atoms with van der Waals surface area (Å²) in [5, 5.41) is 9.62. The first-order valence-electron chi connectivity index (χ1n) is 22.8. The van der Waals surface area contributed by atoms with Crippen molar-refractivity contribution in [1.29, 1.82) is 0 Å². The zero-order valence-corrected chi connectivity index (χ0v) is 35.3. The number of fused-ring (bicyclic) bond motifs is 3. The van der Waals surface area contributed by atoms with Crippen molar-refractivity contribution in [2.45, 2.75) is 89.0 Å². The Morgan fingerprint density at radius 1 is 0.873 bits per heavy atom. The maximum absolute atomic E-state index is 13.5. The number of nitrogens with one attached hydrogen (secondary N) is 2. The summed E-state index contributed by atoms with van der Waals surface area (Å²) >= 11 is 0. The van der Waals surface area contributed by atoms with Crippen LogP contribution in [0, 0.1) is 17.3 Å². The minimum absolute atomic E-state index is 0.103. The van der Waals surface area contributed by atoms with Crippen molar-refractivity contribution in [3.8, 4) is 5.75 Å². The summed E-state index contributed by atoms with van der Waals surface area (Å²) in [6, 6.07) is 8.23. The summed E-state index contributed by atoms with van der Waals surface area (Å²) in [6.45, 7) is 5.69. The molecule has 2 aliphatic carbocycles. The van der Waals surface area contributed by atoms with Crippen molar-refractivity contribution in [1.82, 2.24) is 39.1 Å². The lowest BCUT2D eigenvalue weighted by Crippen LogP contribution is -2.54. The number of hydrogen-bond acceptors (Lipinski definition) is 11. The predicted molar refractivity (Wildman–Crippen MR) is 232 cm³/mol. The maximum atomic E-state index is 13.5. The predicted octanol–water partition coefficient (Wildman–Crippen LogP) is 5.48. The minimum Gasteiger partial charge on any atom is -0.491 e. The molecule has 63 heavy (non-hydrogen) atoms. The molecule has 4 aromatic heterocycles. The fourth-order valence-corrected chi connectivity index (χ4v) is 10.8. The molecule has 0 bridgehead atoms. The van der Waals surface area contributed by atoms with E-state index in [-0.39, 0.29) is 24.7 Å². The number of amides is 5. The van der Waals surface area contributed by atoms with Gasteiger partial charge >= 0.3 is 0 Å². The zero-order chi connectivity index (χ0) is 42.8. The van der Waals surface area contributed by atoms with Crippen LogP contribution in [0.4, 0.5) is 11.4 Å². The molecule has 4 aliphatic heterocycles. The monoisotopic (exact) mass is 852 g/mol. The van der Waals surface area contributed by atoms with Crippen LogP contribution in [0.15, 0.2) is 61.3 Å². The van der Waals surface area contributed by atoms with Gasteiger partial charge in [-0.15, -0.1) is 0 Å². The standard InChI is InChI=1S/C47H52N10O6/c58-41-7-6-38(44(60)52-41)57-45(61)33-5-4-32(22-34(33)46(57)62)54-20-14-47(15-21-54)12-8-29(9-13-47)25-53-18-10-31(11-19-53)36-26-55-27-37(39(23-40(55)50-36)63-28-30-2-3-30)51-43(59)35-24-49-56-17-1-16-48-42(35)56/h1,4-5,16-17,22-24,26-27,29-31,38H,2-3,6-15,18-21,25,28H2,(H,51,59)(H,52,58,60). The smallest absolute Gasteiger partial charge is 0.262 e. The number of carbonyl (C=O) groups excluding carboxylic acids is 5. The number of likely N-dealkylation sites (tertiary alicyclic amines) is 1. The van der Waals surface area contributed by atoms with Gasteiger partial charge in [0.2, 0.25) is 11.8 Å². The molecule has 3 saturated heterocycles. The number of imide groups is 2. The molecule has 16 nitrogen and oxygen atoms in total. The van der Waals surface area contributed by atoms with Gasteiger partial charge in [-0.05, 0) is 125 Å². The van der Waals surface area contributed by atoms with Gasteiger partial charge in [0.05, 0.1) is 29.6 Å². The highest BCUT2D eigenvalue weighted by atomic mass is 16.5. The number of imidazole rings is 1. The molecule has 326 valence electrons. The molecule has 1 spiro atoms. The van der Waals surface area contributed by atoms with Gasteiger partial charge < -0.3 is 24.3 Å². The number of hydrogen-bond donors (Lipinski definition) is 2. The highest BCUT2D eigenvalue weighted by Gasteiger charge is 2.45. The van der Waals surface area contributed by atoms with Gasteiger partial charge in [0.15, 0.2) is 5.65 Å². The summed E-state index contributed by atoms with van der Waals surface area (Å²) < 4.78 is 9.86. The van der Waals surface area contributed by atoms with Gasteiger partial charge in [-0.2, -0.15) is 5.10 Å². The summed E-state index contributed by atoms with van der Waals surface area (Å²) in [6.07, 6.45) is 20.9. The highest BCUT2D eigenvalue weighted by molar-refractivity contribution is 6.23. The molecule has 5 fully saturated rings. The van der Waals surface area contributed by atoms with Gasteiger partial charge in [-0.25, -0.2) is 14.5 Å². The molecular weight excluding hydrogens is 801 g/mol. The second kappa shape index (κ2) is 15.9. The van der Waals surface area contributed by atoms with Crippen LogP contribution in [0.25, 0.3) is 11.3 Å². The fraction of sp³-hybridized carbons (Fsp3) is 0.489. The normalized spacial score (nSPS) is 22.3. The van der Waals surface area contributed by atoms with Crippen molar-refractivity contribution in [3.05, 3.63) is 83.7 Å². The Hall–Kier alpha value is -6.16. The van der Waals surface area contributed by atoms with Crippen LogP contribution in [-0.2, 0) is 9.59 Å². The van der Waals surface area contributed by atoms with E-state index in [0.29, 0.717) is 63.6 Å². The average molecular weight is 853 g/mol. The van der Waals surface area contributed by atoms with Crippen LogP contribution in [0.3, 0.4) is 0 Å². The van der Waals surface area contributed by atoms with E-state index in [4.69, 9.17) is 9.72 Å². The number of aromatic nitrogens is 5. The minimum atomic E-state index is -0.960. The summed E-state index contributed by atoms with van der Waals surface area (Å²) in [7, 11) is 0. The molecule has 2 N–H and O–H groups in total. The lowest BCUT2D eigenvalue weighted by atomic mass is 9.65. The van der Waals surface area contributed by atoms with Crippen molar-refractivity contribution in [2.75, 3.05) is 49.5 Å². The summed E-state index contributed by atoms with van der Waals surface area (Å²) in [4.78, 5) is 79.8. The van der Waals surface area contributed by atoms with E-state index in [0.717, 1.165) is 93.2 Å². The van der Waals surface area contributed by atoms with E-state index in [1.54, 1.807) is 29.0 Å². The van der Waals surface area contributed by atoms with Crippen LogP contribution in [0.2, 0.25) is 0 Å². The third kappa shape index (κ3) is 7.61. The van der Waals surface area contributed by atoms with Crippen molar-refractivity contribution in [2.24, 2.45) is 17.3 Å². The Morgan fingerprint density at radius 2 is 1.67 bits per heavy atom. The zero-order valence-electron chi connectivity index (χ0n) is 35.3. The third-order valence-corrected chi connectivity index (χ3v) is 14.8. The van der Waals surface area contributed by atoms with E-state index in [2.05, 4.69) is 36.7 Å². The van der Waals surface area contributed by atoms with Crippen LogP contribution >= 0.6 is 0 Å². The number of carbonyl (C=O) groups is 5. The number of piperidine rings is 3. The second-order valence-corrected chi connectivity index (χ2v) is 18.8. The van der Waals surface area contributed by atoms with Gasteiger partial charge in [0, 0.05) is 68.5 Å². The molecule has 1 atom stereocenters. The van der Waals surface area contributed by atoms with Crippen molar-refractivity contribution >= 4 is 52.2 Å².